The fraction of sp³-hybridized carbons (Fsp3) is 0.333. The van der Waals surface area contributed by atoms with Crippen molar-refractivity contribution in [2.24, 2.45) is 0 Å². The molecule has 9 nitrogen and oxygen atoms in total. The summed E-state index contributed by atoms with van der Waals surface area (Å²) in [5.41, 5.74) is -2.05. The number of aromatic nitrogens is 2. The summed E-state index contributed by atoms with van der Waals surface area (Å²) in [6.07, 6.45) is -4.97. The monoisotopic (exact) mass is 580 g/mol. The van der Waals surface area contributed by atoms with Crippen LogP contribution in [0.15, 0.2) is 48.5 Å². The standard InChI is InChI=1S/C27H25F5N4O5/c1-3-41-25(40)26(28,29)19-6-4-5-16(13-19)14-35-11-12-36-23(35)20(21(34-36)27(30,31)32)22(37)33-15(2)17-7-9-18(10-8-17)24(38)39/h4-10,13,15H,3,11-12,14H2,1-2H3,(H,33,37)(H,38,39). The van der Waals surface area contributed by atoms with Gasteiger partial charge in [0.05, 0.1) is 24.8 Å². The summed E-state index contributed by atoms with van der Waals surface area (Å²) in [6, 6.07) is 9.55. The molecule has 1 amide bonds. The molecule has 0 radical (unpaired) electrons. The Labute approximate surface area is 230 Å². The van der Waals surface area contributed by atoms with Crippen molar-refractivity contribution in [2.75, 3.05) is 18.1 Å². The first-order valence-electron chi connectivity index (χ1n) is 12.5. The molecule has 2 aromatic carbocycles. The molecule has 1 aliphatic rings. The Morgan fingerprint density at radius 3 is 2.37 bits per heavy atom. The molecule has 1 aromatic heterocycles. The van der Waals surface area contributed by atoms with Crippen molar-refractivity contribution in [3.8, 4) is 0 Å². The fourth-order valence-electron chi connectivity index (χ4n) is 4.50. The van der Waals surface area contributed by atoms with Gasteiger partial charge in [-0.05, 0) is 43.2 Å². The van der Waals surface area contributed by atoms with Gasteiger partial charge in [0.2, 0.25) is 0 Å². The summed E-state index contributed by atoms with van der Waals surface area (Å²) < 4.78 is 76.6. The summed E-state index contributed by atoms with van der Waals surface area (Å²) in [5.74, 6) is -8.02. The van der Waals surface area contributed by atoms with Crippen molar-refractivity contribution in [1.29, 1.82) is 0 Å². The number of carboxylic acid groups (broad SMARTS) is 1. The smallest absolute Gasteiger partial charge is 0.436 e. The number of amides is 1. The maximum absolute atomic E-state index is 14.6. The zero-order chi connectivity index (χ0) is 30.1. The molecule has 2 heterocycles. The van der Waals surface area contributed by atoms with Crippen molar-refractivity contribution in [1.82, 2.24) is 15.1 Å². The molecule has 4 rings (SSSR count). The summed E-state index contributed by atoms with van der Waals surface area (Å²) in [6.45, 7) is 2.67. The van der Waals surface area contributed by atoms with E-state index in [2.05, 4.69) is 15.2 Å². The van der Waals surface area contributed by atoms with E-state index in [1.54, 1.807) is 0 Å². The van der Waals surface area contributed by atoms with Crippen LogP contribution in [0.25, 0.3) is 0 Å². The van der Waals surface area contributed by atoms with Crippen LogP contribution in [-0.2, 0) is 34.7 Å². The SMILES string of the molecule is CCOC(=O)C(F)(F)c1cccc(CN2CCn3nc(C(F)(F)F)c(C(=O)NC(C)c4ccc(C(=O)O)cc4)c32)c1. The normalized spacial score (nSPS) is 14.0. The Morgan fingerprint density at radius 1 is 1.07 bits per heavy atom. The van der Waals surface area contributed by atoms with E-state index in [0.29, 0.717) is 5.56 Å². The van der Waals surface area contributed by atoms with E-state index in [0.717, 1.165) is 16.8 Å². The molecule has 0 fully saturated rings. The Morgan fingerprint density at radius 2 is 1.76 bits per heavy atom. The summed E-state index contributed by atoms with van der Waals surface area (Å²) in [4.78, 5) is 37.6. The van der Waals surface area contributed by atoms with Crippen molar-refractivity contribution in [3.05, 3.63) is 82.0 Å². The van der Waals surface area contributed by atoms with Crippen LogP contribution < -0.4 is 10.2 Å². The number of hydrogen-bond acceptors (Lipinski definition) is 6. The number of aromatic carboxylic acids is 1. The van der Waals surface area contributed by atoms with Crippen molar-refractivity contribution < 1.29 is 46.2 Å². The average Bonchev–Trinajstić information content (AvgIpc) is 3.49. The molecular weight excluding hydrogens is 555 g/mol. The zero-order valence-corrected chi connectivity index (χ0v) is 21.8. The van der Waals surface area contributed by atoms with Gasteiger partial charge in [-0.25, -0.2) is 14.3 Å². The van der Waals surface area contributed by atoms with E-state index < -0.39 is 52.8 Å². The molecule has 0 saturated carbocycles. The Balaban J connectivity index is 1.63. The summed E-state index contributed by atoms with van der Waals surface area (Å²) >= 11 is 0. The quantitative estimate of drug-likeness (QED) is 0.277. The lowest BCUT2D eigenvalue weighted by atomic mass is 10.0. The highest BCUT2D eigenvalue weighted by Gasteiger charge is 2.45. The number of anilines is 1. The van der Waals surface area contributed by atoms with Crippen LogP contribution in [0.4, 0.5) is 27.8 Å². The minimum absolute atomic E-state index is 0.000757. The Hall–Kier alpha value is -4.49. The zero-order valence-electron chi connectivity index (χ0n) is 21.8. The number of fused-ring (bicyclic) bond motifs is 1. The number of carbonyl (C=O) groups is 3. The number of halogens is 5. The number of esters is 1. The highest BCUT2D eigenvalue weighted by atomic mass is 19.4. The van der Waals surface area contributed by atoms with Crippen LogP contribution in [0.2, 0.25) is 0 Å². The van der Waals surface area contributed by atoms with E-state index in [-0.39, 0.29) is 43.2 Å². The fourth-order valence-corrected chi connectivity index (χ4v) is 4.50. The van der Waals surface area contributed by atoms with Crippen LogP contribution in [0.3, 0.4) is 0 Å². The van der Waals surface area contributed by atoms with Crippen molar-refractivity contribution in [3.63, 3.8) is 0 Å². The predicted octanol–water partition coefficient (Wildman–Crippen LogP) is 4.77. The second-order valence-electron chi connectivity index (χ2n) is 9.31. The third kappa shape index (κ3) is 6.00. The lowest BCUT2D eigenvalue weighted by Gasteiger charge is -2.22. The number of benzene rings is 2. The van der Waals surface area contributed by atoms with Crippen molar-refractivity contribution in [2.45, 2.75) is 45.1 Å². The number of ether oxygens (including phenoxy) is 1. The molecule has 0 bridgehead atoms. The highest BCUT2D eigenvalue weighted by Crippen LogP contribution is 2.39. The molecule has 1 atom stereocenters. The molecule has 0 saturated heterocycles. The molecule has 14 heteroatoms. The van der Waals surface area contributed by atoms with Gasteiger partial charge in [0.25, 0.3) is 5.91 Å². The second kappa shape index (κ2) is 11.2. The van der Waals surface area contributed by atoms with Crippen LogP contribution in [0.1, 0.15) is 63.0 Å². The average molecular weight is 581 g/mol. The van der Waals surface area contributed by atoms with Gasteiger partial charge in [-0.15, -0.1) is 0 Å². The van der Waals surface area contributed by atoms with E-state index in [1.807, 2.05) is 0 Å². The topological polar surface area (TPSA) is 114 Å². The van der Waals surface area contributed by atoms with E-state index in [1.165, 1.54) is 55.1 Å². The van der Waals surface area contributed by atoms with Gasteiger partial charge < -0.3 is 20.1 Å². The van der Waals surface area contributed by atoms with E-state index in [9.17, 15) is 36.3 Å². The summed E-state index contributed by atoms with van der Waals surface area (Å²) in [5, 5.41) is 15.2. The number of hydrogen-bond donors (Lipinski definition) is 2. The molecule has 2 N–H and O–H groups in total. The van der Waals surface area contributed by atoms with Crippen LogP contribution >= 0.6 is 0 Å². The Bertz CT molecular complexity index is 1470. The third-order valence-corrected chi connectivity index (χ3v) is 6.50. The van der Waals surface area contributed by atoms with Gasteiger partial charge in [-0.2, -0.15) is 27.1 Å². The van der Waals surface area contributed by atoms with Gasteiger partial charge >= 0.3 is 24.0 Å². The van der Waals surface area contributed by atoms with Gasteiger partial charge in [-0.3, -0.25) is 4.79 Å². The first-order chi connectivity index (χ1) is 19.2. The molecule has 0 aliphatic carbocycles. The molecular formula is C27H25F5N4O5. The number of carboxylic acids is 1. The lowest BCUT2D eigenvalue weighted by molar-refractivity contribution is -0.173. The number of nitrogens with one attached hydrogen (secondary N) is 1. The van der Waals surface area contributed by atoms with Crippen LogP contribution in [-0.4, -0.2) is 45.9 Å². The largest absolute Gasteiger partial charge is 0.478 e. The summed E-state index contributed by atoms with van der Waals surface area (Å²) in [7, 11) is 0. The minimum Gasteiger partial charge on any atom is -0.478 e. The lowest BCUT2D eigenvalue weighted by Crippen LogP contribution is -2.31. The molecule has 1 aliphatic heterocycles. The predicted molar refractivity (Wildman–Crippen MR) is 135 cm³/mol. The maximum atomic E-state index is 14.6. The Kier molecular flexibility index (Phi) is 8.04. The molecule has 0 spiro atoms. The molecule has 218 valence electrons. The minimum atomic E-state index is -4.97. The van der Waals surface area contributed by atoms with Gasteiger partial charge in [0.15, 0.2) is 5.69 Å². The number of nitrogens with zero attached hydrogens (tertiary/aromatic N) is 3. The van der Waals surface area contributed by atoms with Crippen LogP contribution in [0.5, 0.6) is 0 Å². The number of rotatable bonds is 9. The highest BCUT2D eigenvalue weighted by molar-refractivity contribution is 6.01. The third-order valence-electron chi connectivity index (χ3n) is 6.50. The van der Waals surface area contributed by atoms with Gasteiger partial charge in [-0.1, -0.05) is 30.3 Å². The maximum Gasteiger partial charge on any atom is 0.436 e. The van der Waals surface area contributed by atoms with Crippen molar-refractivity contribution >= 4 is 23.7 Å². The second-order valence-corrected chi connectivity index (χ2v) is 9.31. The van der Waals surface area contributed by atoms with Gasteiger partial charge in [0, 0.05) is 18.7 Å². The number of alkyl halides is 5. The first kappa shape index (κ1) is 29.5. The van der Waals surface area contributed by atoms with Gasteiger partial charge in [0.1, 0.15) is 11.4 Å². The van der Waals surface area contributed by atoms with E-state index in [4.69, 9.17) is 5.11 Å². The first-order valence-corrected chi connectivity index (χ1v) is 12.5. The van der Waals surface area contributed by atoms with E-state index >= 15 is 0 Å². The molecule has 41 heavy (non-hydrogen) atoms. The molecule has 3 aromatic rings. The number of carbonyl (C=O) groups excluding carboxylic acids is 2. The molecule has 1 unspecified atom stereocenters. The van der Waals surface area contributed by atoms with Crippen LogP contribution in [0, 0.1) is 0 Å².